The second kappa shape index (κ2) is 7.90. The van der Waals surface area contributed by atoms with Crippen LogP contribution in [0.4, 0.5) is 5.69 Å². The number of rotatable bonds is 3. The summed E-state index contributed by atoms with van der Waals surface area (Å²) in [5, 5.41) is 0. The van der Waals surface area contributed by atoms with Gasteiger partial charge in [0.15, 0.2) is 0 Å². The van der Waals surface area contributed by atoms with Crippen molar-refractivity contribution in [2.75, 3.05) is 11.4 Å². The Bertz CT molecular complexity index is 994. The number of nitrogens with zero attached hydrogens (tertiary/aromatic N) is 1. The maximum atomic E-state index is 2.54. The normalized spacial score (nSPS) is 18.3. The van der Waals surface area contributed by atoms with E-state index in [4.69, 9.17) is 0 Å². The van der Waals surface area contributed by atoms with Gasteiger partial charge in [0.05, 0.1) is 6.04 Å². The Labute approximate surface area is 168 Å². The third-order valence-corrected chi connectivity index (χ3v) is 5.64. The van der Waals surface area contributed by atoms with E-state index in [-0.39, 0.29) is 6.04 Å². The van der Waals surface area contributed by atoms with E-state index < -0.39 is 0 Å². The number of hydrogen-bond acceptors (Lipinski definition) is 1. The summed E-state index contributed by atoms with van der Waals surface area (Å²) >= 11 is 0. The topological polar surface area (TPSA) is 3.24 Å². The Morgan fingerprint density at radius 2 is 1.25 bits per heavy atom. The highest BCUT2D eigenvalue weighted by atomic mass is 15.2. The monoisotopic (exact) mass is 365 g/mol. The van der Waals surface area contributed by atoms with Crippen molar-refractivity contribution in [3.8, 4) is 0 Å². The summed E-state index contributed by atoms with van der Waals surface area (Å²) in [5.74, 6) is 0. The molecule has 0 spiro atoms. The van der Waals surface area contributed by atoms with Crippen molar-refractivity contribution in [1.82, 2.24) is 0 Å². The fourth-order valence-corrected chi connectivity index (χ4v) is 4.27. The molecule has 1 aliphatic heterocycles. The Hall–Kier alpha value is -3.06. The molecule has 28 heavy (non-hydrogen) atoms. The van der Waals surface area contributed by atoms with E-state index in [0.29, 0.717) is 0 Å². The molecule has 4 rings (SSSR count). The van der Waals surface area contributed by atoms with E-state index >= 15 is 0 Å². The summed E-state index contributed by atoms with van der Waals surface area (Å²) in [7, 11) is 0. The Morgan fingerprint density at radius 1 is 0.714 bits per heavy atom. The minimum atomic E-state index is 0.238. The van der Waals surface area contributed by atoms with Gasteiger partial charge in [-0.1, -0.05) is 84.4 Å². The largest absolute Gasteiger partial charge is 0.356 e. The Kier molecular flexibility index (Phi) is 5.16. The van der Waals surface area contributed by atoms with E-state index in [1.807, 2.05) is 0 Å². The quantitative estimate of drug-likeness (QED) is 0.480. The predicted molar refractivity (Wildman–Crippen MR) is 120 cm³/mol. The van der Waals surface area contributed by atoms with Crippen LogP contribution >= 0.6 is 0 Å². The molecule has 0 saturated carbocycles. The molecule has 0 radical (unpaired) electrons. The van der Waals surface area contributed by atoms with Crippen LogP contribution in [-0.4, -0.2) is 6.54 Å². The lowest BCUT2D eigenvalue weighted by molar-refractivity contribution is 0.803. The van der Waals surface area contributed by atoms with Crippen LogP contribution in [0, 0.1) is 0 Å². The first-order valence-electron chi connectivity index (χ1n) is 9.96. The summed E-state index contributed by atoms with van der Waals surface area (Å²) in [6.07, 6.45) is 0. The summed E-state index contributed by atoms with van der Waals surface area (Å²) in [5.41, 5.74) is 9.58. The highest BCUT2D eigenvalue weighted by molar-refractivity contribution is 5.77. The molecular formula is C27H27N. The second-order valence-corrected chi connectivity index (χ2v) is 7.66. The van der Waals surface area contributed by atoms with Crippen LogP contribution in [0.2, 0.25) is 0 Å². The third kappa shape index (κ3) is 3.41. The summed E-state index contributed by atoms with van der Waals surface area (Å²) in [6.45, 7) is 7.69. The lowest BCUT2D eigenvalue weighted by Crippen LogP contribution is -2.23. The molecule has 3 aromatic carbocycles. The number of hydrogen-bond donors (Lipinski definition) is 0. The van der Waals surface area contributed by atoms with Crippen LogP contribution in [0.15, 0.2) is 108 Å². The molecule has 1 aliphatic rings. The number of allylic oxidation sites excluding steroid dienone is 2. The maximum Gasteiger partial charge on any atom is 0.0802 e. The van der Waals surface area contributed by atoms with Gasteiger partial charge in [0, 0.05) is 12.2 Å². The molecule has 1 unspecified atom stereocenters. The van der Waals surface area contributed by atoms with Crippen molar-refractivity contribution in [1.29, 1.82) is 0 Å². The van der Waals surface area contributed by atoms with Crippen molar-refractivity contribution in [3.63, 3.8) is 0 Å². The van der Waals surface area contributed by atoms with E-state index in [1.54, 1.807) is 0 Å². The standard InChI is InChI=1S/C27H27N/c1-20(2)26-25(21(3)22-13-7-4-8-14-22)19-28(24-17-11-6-12-18-24)27(26)23-15-9-5-10-16-23/h4-18,27H,19H2,1-3H3/b25-21+. The molecule has 1 heterocycles. The molecule has 140 valence electrons. The molecule has 0 aromatic heterocycles. The van der Waals surface area contributed by atoms with E-state index in [1.165, 1.54) is 39.1 Å². The zero-order valence-electron chi connectivity index (χ0n) is 16.9. The van der Waals surface area contributed by atoms with Crippen molar-refractivity contribution >= 4 is 11.3 Å². The van der Waals surface area contributed by atoms with Gasteiger partial charge in [-0.15, -0.1) is 0 Å². The van der Waals surface area contributed by atoms with Crippen LogP contribution in [0.25, 0.3) is 5.57 Å². The van der Waals surface area contributed by atoms with Gasteiger partial charge in [0.25, 0.3) is 0 Å². The van der Waals surface area contributed by atoms with Gasteiger partial charge in [-0.2, -0.15) is 0 Å². The van der Waals surface area contributed by atoms with Crippen LogP contribution in [0.5, 0.6) is 0 Å². The van der Waals surface area contributed by atoms with E-state index in [9.17, 15) is 0 Å². The minimum absolute atomic E-state index is 0.238. The SMILES string of the molecule is CC(C)=C1/C(=C(\C)c2ccccc2)CN(c2ccccc2)C1c1ccccc1. The molecule has 1 saturated heterocycles. The summed E-state index contributed by atoms with van der Waals surface area (Å²) < 4.78 is 0. The molecular weight excluding hydrogens is 338 g/mol. The zero-order chi connectivity index (χ0) is 19.5. The molecule has 0 amide bonds. The molecule has 0 N–H and O–H groups in total. The summed E-state index contributed by atoms with van der Waals surface area (Å²) in [4.78, 5) is 2.54. The first-order valence-corrected chi connectivity index (χ1v) is 9.96. The third-order valence-electron chi connectivity index (χ3n) is 5.64. The summed E-state index contributed by atoms with van der Waals surface area (Å²) in [6, 6.07) is 32.7. The van der Waals surface area contributed by atoms with Crippen LogP contribution in [0.1, 0.15) is 37.9 Å². The predicted octanol–water partition coefficient (Wildman–Crippen LogP) is 7.06. The molecule has 1 atom stereocenters. The lowest BCUT2D eigenvalue weighted by atomic mass is 9.89. The van der Waals surface area contributed by atoms with Crippen LogP contribution in [0.3, 0.4) is 0 Å². The minimum Gasteiger partial charge on any atom is -0.356 e. The van der Waals surface area contributed by atoms with Gasteiger partial charge in [-0.25, -0.2) is 0 Å². The van der Waals surface area contributed by atoms with Crippen molar-refractivity contribution in [3.05, 3.63) is 119 Å². The fourth-order valence-electron chi connectivity index (χ4n) is 4.27. The molecule has 0 bridgehead atoms. The van der Waals surface area contributed by atoms with Crippen LogP contribution in [-0.2, 0) is 0 Å². The van der Waals surface area contributed by atoms with Crippen molar-refractivity contribution in [2.45, 2.75) is 26.8 Å². The highest BCUT2D eigenvalue weighted by Gasteiger charge is 2.36. The van der Waals surface area contributed by atoms with E-state index in [2.05, 4.69) is 117 Å². The van der Waals surface area contributed by atoms with Gasteiger partial charge >= 0.3 is 0 Å². The molecule has 0 aliphatic carbocycles. The molecule has 3 aromatic rings. The van der Waals surface area contributed by atoms with E-state index in [0.717, 1.165) is 6.54 Å². The van der Waals surface area contributed by atoms with Crippen molar-refractivity contribution < 1.29 is 0 Å². The first-order chi connectivity index (χ1) is 13.7. The maximum absolute atomic E-state index is 2.54. The first kappa shape index (κ1) is 18.3. The van der Waals surface area contributed by atoms with Gasteiger partial charge in [0.2, 0.25) is 0 Å². The zero-order valence-corrected chi connectivity index (χ0v) is 16.9. The highest BCUT2D eigenvalue weighted by Crippen LogP contribution is 2.46. The fraction of sp³-hybridized carbons (Fsp3) is 0.185. The van der Waals surface area contributed by atoms with Gasteiger partial charge in [0.1, 0.15) is 0 Å². The second-order valence-electron chi connectivity index (χ2n) is 7.66. The van der Waals surface area contributed by atoms with Crippen LogP contribution < -0.4 is 4.90 Å². The molecule has 1 fully saturated rings. The van der Waals surface area contributed by atoms with Crippen molar-refractivity contribution in [2.24, 2.45) is 0 Å². The van der Waals surface area contributed by atoms with Gasteiger partial charge in [-0.3, -0.25) is 0 Å². The lowest BCUT2D eigenvalue weighted by Gasteiger charge is -2.28. The van der Waals surface area contributed by atoms with Gasteiger partial charge < -0.3 is 4.90 Å². The molecule has 1 nitrogen and oxygen atoms in total. The number of para-hydroxylation sites is 1. The number of benzene rings is 3. The van der Waals surface area contributed by atoms with Gasteiger partial charge in [-0.05, 0) is 60.8 Å². The number of anilines is 1. The molecule has 1 heteroatoms. The Morgan fingerprint density at radius 3 is 1.82 bits per heavy atom. The average molecular weight is 366 g/mol. The Balaban J connectivity index is 1.92. The average Bonchev–Trinajstić information content (AvgIpc) is 3.16. The smallest absolute Gasteiger partial charge is 0.0802 e.